The fraction of sp³-hybridized carbons (Fsp3) is 0.111. The SMILES string of the molecule is COC(=O)c1cc2c(C(=O)OC)cccc2c2ccccc12. The summed E-state index contributed by atoms with van der Waals surface area (Å²) in [6, 6.07) is 14.7. The minimum atomic E-state index is -0.434. The predicted octanol–water partition coefficient (Wildman–Crippen LogP) is 3.57. The zero-order valence-corrected chi connectivity index (χ0v) is 12.3. The maximum Gasteiger partial charge on any atom is 0.338 e. The maximum atomic E-state index is 12.1. The van der Waals surface area contributed by atoms with Crippen molar-refractivity contribution in [3.8, 4) is 0 Å². The average Bonchev–Trinajstić information content (AvgIpc) is 2.59. The maximum absolute atomic E-state index is 12.1. The second kappa shape index (κ2) is 5.48. The molecule has 0 unspecified atom stereocenters. The van der Waals surface area contributed by atoms with Gasteiger partial charge in [-0.1, -0.05) is 36.4 Å². The molecule has 3 aromatic rings. The van der Waals surface area contributed by atoms with Gasteiger partial charge in [-0.25, -0.2) is 9.59 Å². The molecule has 0 fully saturated rings. The van der Waals surface area contributed by atoms with E-state index < -0.39 is 11.9 Å². The molecule has 0 N–H and O–H groups in total. The highest BCUT2D eigenvalue weighted by atomic mass is 16.5. The summed E-state index contributed by atoms with van der Waals surface area (Å²) in [7, 11) is 2.68. The fourth-order valence-corrected chi connectivity index (χ4v) is 2.70. The van der Waals surface area contributed by atoms with Gasteiger partial charge in [0.25, 0.3) is 0 Å². The standard InChI is InChI=1S/C18H14O4/c1-21-17(19)14-9-5-8-12-11-6-3-4-7-13(11)16(10-15(12)14)18(20)22-2/h3-10H,1-2H3. The van der Waals surface area contributed by atoms with Crippen molar-refractivity contribution in [1.82, 2.24) is 0 Å². The topological polar surface area (TPSA) is 52.6 Å². The predicted molar refractivity (Wildman–Crippen MR) is 84.1 cm³/mol. The van der Waals surface area contributed by atoms with Crippen LogP contribution in [0.1, 0.15) is 20.7 Å². The minimum Gasteiger partial charge on any atom is -0.465 e. The highest BCUT2D eigenvalue weighted by molar-refractivity contribution is 6.19. The number of rotatable bonds is 2. The fourth-order valence-electron chi connectivity index (χ4n) is 2.70. The Labute approximate surface area is 127 Å². The van der Waals surface area contributed by atoms with Crippen LogP contribution in [0.3, 0.4) is 0 Å². The van der Waals surface area contributed by atoms with Crippen molar-refractivity contribution >= 4 is 33.5 Å². The molecule has 0 saturated carbocycles. The molecule has 4 nitrogen and oxygen atoms in total. The Morgan fingerprint density at radius 3 is 1.91 bits per heavy atom. The van der Waals surface area contributed by atoms with Crippen LogP contribution >= 0.6 is 0 Å². The van der Waals surface area contributed by atoms with Gasteiger partial charge < -0.3 is 9.47 Å². The van der Waals surface area contributed by atoms with Gasteiger partial charge in [-0.05, 0) is 33.7 Å². The lowest BCUT2D eigenvalue weighted by atomic mass is 9.94. The van der Waals surface area contributed by atoms with Crippen molar-refractivity contribution in [3.63, 3.8) is 0 Å². The summed E-state index contributed by atoms with van der Waals surface area (Å²) in [5, 5.41) is 3.26. The Morgan fingerprint density at radius 2 is 1.23 bits per heavy atom. The highest BCUT2D eigenvalue weighted by Gasteiger charge is 2.17. The van der Waals surface area contributed by atoms with Gasteiger partial charge in [-0.15, -0.1) is 0 Å². The van der Waals surface area contributed by atoms with Crippen molar-refractivity contribution in [1.29, 1.82) is 0 Å². The number of methoxy groups -OCH3 is 2. The molecule has 4 heteroatoms. The Kier molecular flexibility index (Phi) is 3.51. The third-order valence-electron chi connectivity index (χ3n) is 3.71. The number of fused-ring (bicyclic) bond motifs is 3. The Hall–Kier alpha value is -2.88. The monoisotopic (exact) mass is 294 g/mol. The number of carbonyl (C=O) groups excluding carboxylic acids is 2. The largest absolute Gasteiger partial charge is 0.465 e. The van der Waals surface area contributed by atoms with Gasteiger partial charge in [0.2, 0.25) is 0 Å². The summed E-state index contributed by atoms with van der Waals surface area (Å²) in [5.41, 5.74) is 0.859. The van der Waals surface area contributed by atoms with Gasteiger partial charge in [0.05, 0.1) is 25.3 Å². The van der Waals surface area contributed by atoms with Gasteiger partial charge in [0.15, 0.2) is 0 Å². The first-order valence-corrected chi connectivity index (χ1v) is 6.78. The molecule has 0 bridgehead atoms. The Bertz CT molecular complexity index is 891. The van der Waals surface area contributed by atoms with Gasteiger partial charge in [0, 0.05) is 0 Å². The van der Waals surface area contributed by atoms with Crippen molar-refractivity contribution in [2.75, 3.05) is 14.2 Å². The van der Waals surface area contributed by atoms with Crippen LogP contribution in [0.2, 0.25) is 0 Å². The molecule has 0 amide bonds. The molecule has 3 rings (SSSR count). The van der Waals surface area contributed by atoms with Gasteiger partial charge in [0.1, 0.15) is 0 Å². The third kappa shape index (κ3) is 2.09. The lowest BCUT2D eigenvalue weighted by molar-refractivity contribution is 0.0592. The van der Waals surface area contributed by atoms with E-state index in [-0.39, 0.29) is 0 Å². The molecule has 110 valence electrons. The molecule has 3 aromatic carbocycles. The van der Waals surface area contributed by atoms with Crippen LogP contribution in [0.5, 0.6) is 0 Å². The highest BCUT2D eigenvalue weighted by Crippen LogP contribution is 2.31. The molecule has 0 radical (unpaired) electrons. The van der Waals surface area contributed by atoms with Crippen LogP contribution in [-0.4, -0.2) is 26.2 Å². The van der Waals surface area contributed by atoms with Crippen molar-refractivity contribution in [2.24, 2.45) is 0 Å². The van der Waals surface area contributed by atoms with Gasteiger partial charge >= 0.3 is 11.9 Å². The normalized spacial score (nSPS) is 10.6. The zero-order valence-electron chi connectivity index (χ0n) is 12.3. The molecule has 22 heavy (non-hydrogen) atoms. The smallest absolute Gasteiger partial charge is 0.338 e. The molecule has 0 aliphatic heterocycles. The summed E-state index contributed by atoms with van der Waals surface area (Å²) >= 11 is 0. The summed E-state index contributed by atoms with van der Waals surface area (Å²) < 4.78 is 9.69. The number of benzene rings is 3. The summed E-state index contributed by atoms with van der Waals surface area (Å²) in [5.74, 6) is -0.866. The van der Waals surface area contributed by atoms with Crippen LogP contribution in [-0.2, 0) is 9.47 Å². The first-order chi connectivity index (χ1) is 10.7. The molecule has 0 aliphatic rings. The third-order valence-corrected chi connectivity index (χ3v) is 3.71. The van der Waals surface area contributed by atoms with E-state index in [4.69, 9.17) is 9.47 Å². The Balaban J connectivity index is 2.49. The molecule has 0 aliphatic carbocycles. The van der Waals surface area contributed by atoms with E-state index in [0.717, 1.165) is 16.2 Å². The van der Waals surface area contributed by atoms with Crippen molar-refractivity contribution < 1.29 is 19.1 Å². The van der Waals surface area contributed by atoms with E-state index in [2.05, 4.69) is 0 Å². The first-order valence-electron chi connectivity index (χ1n) is 6.78. The molecular weight excluding hydrogens is 280 g/mol. The van der Waals surface area contributed by atoms with Crippen LogP contribution in [0, 0.1) is 0 Å². The molecular formula is C18H14O4. The van der Waals surface area contributed by atoms with E-state index in [9.17, 15) is 9.59 Å². The second-order valence-corrected chi connectivity index (χ2v) is 4.85. The summed E-state index contributed by atoms with van der Waals surface area (Å²) in [6.45, 7) is 0. The first kappa shape index (κ1) is 14.1. The van der Waals surface area contributed by atoms with Crippen molar-refractivity contribution in [2.45, 2.75) is 0 Å². The summed E-state index contributed by atoms with van der Waals surface area (Å²) in [6.07, 6.45) is 0. The van der Waals surface area contributed by atoms with Gasteiger partial charge in [-0.3, -0.25) is 0 Å². The number of esters is 2. The van der Waals surface area contributed by atoms with Crippen LogP contribution in [0.25, 0.3) is 21.5 Å². The number of carbonyl (C=O) groups is 2. The van der Waals surface area contributed by atoms with Crippen LogP contribution in [0.15, 0.2) is 48.5 Å². The molecule has 0 aromatic heterocycles. The molecule has 0 spiro atoms. The number of hydrogen-bond acceptors (Lipinski definition) is 4. The van der Waals surface area contributed by atoms with Crippen LogP contribution in [0.4, 0.5) is 0 Å². The van der Waals surface area contributed by atoms with Crippen LogP contribution < -0.4 is 0 Å². The van der Waals surface area contributed by atoms with Crippen molar-refractivity contribution in [3.05, 3.63) is 59.7 Å². The minimum absolute atomic E-state index is 0.427. The van der Waals surface area contributed by atoms with E-state index >= 15 is 0 Å². The average molecular weight is 294 g/mol. The Morgan fingerprint density at radius 1 is 0.682 bits per heavy atom. The molecule has 0 atom stereocenters. The number of ether oxygens (including phenoxy) is 2. The lowest BCUT2D eigenvalue weighted by Crippen LogP contribution is -2.05. The van der Waals surface area contributed by atoms with E-state index in [1.807, 2.05) is 30.3 Å². The van der Waals surface area contributed by atoms with E-state index in [0.29, 0.717) is 16.5 Å². The zero-order chi connectivity index (χ0) is 15.7. The van der Waals surface area contributed by atoms with Gasteiger partial charge in [-0.2, -0.15) is 0 Å². The second-order valence-electron chi connectivity index (χ2n) is 4.85. The molecule has 0 saturated heterocycles. The number of hydrogen-bond donors (Lipinski definition) is 0. The quantitative estimate of drug-likeness (QED) is 0.535. The molecule has 0 heterocycles. The lowest BCUT2D eigenvalue weighted by Gasteiger charge is -2.11. The summed E-state index contributed by atoms with van der Waals surface area (Å²) in [4.78, 5) is 24.1. The van der Waals surface area contributed by atoms with E-state index in [1.54, 1.807) is 18.2 Å². The van der Waals surface area contributed by atoms with E-state index in [1.165, 1.54) is 14.2 Å².